The van der Waals surface area contributed by atoms with E-state index in [9.17, 15) is 18.1 Å². The molecule has 0 saturated heterocycles. The number of aryl methyl sites for hydroxylation is 1. The van der Waals surface area contributed by atoms with Gasteiger partial charge in [0.05, 0.1) is 0 Å². The molecular formula is C24H34O5S. The molecule has 0 aliphatic carbocycles. The third kappa shape index (κ3) is 8.36. The molecular weight excluding hydrogens is 400 g/mol. The summed E-state index contributed by atoms with van der Waals surface area (Å²) in [5, 5.41) is 10.3. The van der Waals surface area contributed by atoms with Gasteiger partial charge in [-0.25, -0.2) is 0 Å². The fourth-order valence-electron chi connectivity index (χ4n) is 3.53. The standard InChI is InChI=1S/C24H34O5S/c1-2-3-4-5-6-7-8-9-10-12-15-20-18-22(25)23(19-24(20)30(26,27)28)29-21-16-13-11-14-17-21/h11,13-14,16-19,25H,2-10,12,15H2,1H3,(H,26,27,28). The van der Waals surface area contributed by atoms with Crippen LogP contribution >= 0.6 is 0 Å². The van der Waals surface area contributed by atoms with Crippen molar-refractivity contribution in [2.24, 2.45) is 0 Å². The van der Waals surface area contributed by atoms with E-state index in [1.54, 1.807) is 24.3 Å². The van der Waals surface area contributed by atoms with Gasteiger partial charge < -0.3 is 9.84 Å². The molecule has 2 rings (SSSR count). The van der Waals surface area contributed by atoms with Crippen molar-refractivity contribution >= 4 is 10.1 Å². The second kappa shape index (κ2) is 12.6. The van der Waals surface area contributed by atoms with Crippen molar-refractivity contribution in [3.63, 3.8) is 0 Å². The zero-order chi connectivity index (χ0) is 21.8. The Morgan fingerprint density at radius 3 is 1.97 bits per heavy atom. The van der Waals surface area contributed by atoms with Gasteiger partial charge in [-0.2, -0.15) is 8.42 Å². The highest BCUT2D eigenvalue weighted by molar-refractivity contribution is 7.85. The van der Waals surface area contributed by atoms with E-state index in [0.717, 1.165) is 19.3 Å². The summed E-state index contributed by atoms with van der Waals surface area (Å²) in [5.41, 5.74) is 0.412. The van der Waals surface area contributed by atoms with E-state index >= 15 is 0 Å². The second-order valence-corrected chi connectivity index (χ2v) is 9.14. The Labute approximate surface area is 180 Å². The maximum atomic E-state index is 11.9. The van der Waals surface area contributed by atoms with E-state index < -0.39 is 10.1 Å². The molecule has 0 aromatic heterocycles. The first-order chi connectivity index (χ1) is 14.4. The lowest BCUT2D eigenvalue weighted by molar-refractivity contribution is 0.408. The monoisotopic (exact) mass is 434 g/mol. The molecule has 0 amide bonds. The van der Waals surface area contributed by atoms with E-state index in [-0.39, 0.29) is 16.4 Å². The summed E-state index contributed by atoms with van der Waals surface area (Å²) in [4.78, 5) is -0.206. The van der Waals surface area contributed by atoms with Crippen molar-refractivity contribution in [1.29, 1.82) is 0 Å². The van der Waals surface area contributed by atoms with Crippen molar-refractivity contribution in [3.05, 3.63) is 48.0 Å². The highest BCUT2D eigenvalue weighted by atomic mass is 32.2. The van der Waals surface area contributed by atoms with Gasteiger partial charge in [0.1, 0.15) is 10.6 Å². The molecule has 2 aromatic carbocycles. The number of phenolic OH excluding ortho intramolecular Hbond substituents is 1. The summed E-state index contributed by atoms with van der Waals surface area (Å²) >= 11 is 0. The Kier molecular flexibility index (Phi) is 10.2. The number of hydrogen-bond acceptors (Lipinski definition) is 4. The number of rotatable bonds is 14. The van der Waals surface area contributed by atoms with Crippen molar-refractivity contribution in [1.82, 2.24) is 0 Å². The van der Waals surface area contributed by atoms with Crippen molar-refractivity contribution in [2.45, 2.75) is 82.4 Å². The fourth-order valence-corrected chi connectivity index (χ4v) is 4.28. The summed E-state index contributed by atoms with van der Waals surface area (Å²) in [6, 6.07) is 11.4. The van der Waals surface area contributed by atoms with Crippen LogP contribution in [0.2, 0.25) is 0 Å². The van der Waals surface area contributed by atoms with Gasteiger partial charge in [-0.1, -0.05) is 82.9 Å². The topological polar surface area (TPSA) is 83.8 Å². The Balaban J connectivity index is 1.90. The molecule has 0 spiro atoms. The smallest absolute Gasteiger partial charge is 0.294 e. The van der Waals surface area contributed by atoms with Gasteiger partial charge in [0.2, 0.25) is 0 Å². The summed E-state index contributed by atoms with van der Waals surface area (Å²) in [7, 11) is -4.42. The van der Waals surface area contributed by atoms with E-state index in [1.807, 2.05) is 6.07 Å². The molecule has 0 bridgehead atoms. The lowest BCUT2D eigenvalue weighted by atomic mass is 10.0. The molecule has 0 heterocycles. The van der Waals surface area contributed by atoms with E-state index in [0.29, 0.717) is 17.7 Å². The van der Waals surface area contributed by atoms with Gasteiger partial charge in [-0.15, -0.1) is 0 Å². The second-order valence-electron chi connectivity index (χ2n) is 7.75. The Morgan fingerprint density at radius 2 is 1.40 bits per heavy atom. The van der Waals surface area contributed by atoms with Crippen LogP contribution in [-0.2, 0) is 16.5 Å². The quantitative estimate of drug-likeness (QED) is 0.250. The van der Waals surface area contributed by atoms with Crippen LogP contribution in [0.5, 0.6) is 17.2 Å². The maximum Gasteiger partial charge on any atom is 0.294 e. The summed E-state index contributed by atoms with van der Waals surface area (Å²) in [6.07, 6.45) is 12.3. The van der Waals surface area contributed by atoms with Gasteiger partial charge in [0, 0.05) is 6.07 Å². The van der Waals surface area contributed by atoms with Crippen LogP contribution < -0.4 is 4.74 Å². The van der Waals surface area contributed by atoms with Crippen LogP contribution in [0.1, 0.15) is 76.7 Å². The average Bonchev–Trinajstić information content (AvgIpc) is 2.71. The first-order valence-electron chi connectivity index (χ1n) is 11.0. The summed E-state index contributed by atoms with van der Waals surface area (Å²) in [5.74, 6) is 0.325. The van der Waals surface area contributed by atoms with Gasteiger partial charge in [0.25, 0.3) is 10.1 Å². The van der Waals surface area contributed by atoms with Crippen LogP contribution in [0.4, 0.5) is 0 Å². The fraction of sp³-hybridized carbons (Fsp3) is 0.500. The largest absolute Gasteiger partial charge is 0.504 e. The number of benzene rings is 2. The molecule has 30 heavy (non-hydrogen) atoms. The van der Waals surface area contributed by atoms with Crippen LogP contribution in [0, 0.1) is 0 Å². The van der Waals surface area contributed by atoms with Crippen molar-refractivity contribution in [2.75, 3.05) is 0 Å². The van der Waals surface area contributed by atoms with Gasteiger partial charge in [0.15, 0.2) is 11.5 Å². The molecule has 0 unspecified atom stereocenters. The molecule has 2 N–H and O–H groups in total. The minimum atomic E-state index is -4.42. The van der Waals surface area contributed by atoms with Crippen LogP contribution in [-0.4, -0.2) is 18.1 Å². The van der Waals surface area contributed by atoms with E-state index in [1.165, 1.54) is 57.1 Å². The van der Waals surface area contributed by atoms with Gasteiger partial charge in [-0.3, -0.25) is 4.55 Å². The molecule has 0 fully saturated rings. The number of para-hydroxylation sites is 1. The zero-order valence-electron chi connectivity index (χ0n) is 17.8. The highest BCUT2D eigenvalue weighted by Crippen LogP contribution is 2.35. The lowest BCUT2D eigenvalue weighted by Crippen LogP contribution is -2.04. The maximum absolute atomic E-state index is 11.9. The number of ether oxygens (including phenoxy) is 1. The molecule has 166 valence electrons. The normalized spacial score (nSPS) is 11.5. The summed E-state index contributed by atoms with van der Waals surface area (Å²) < 4.78 is 39.0. The molecule has 0 saturated carbocycles. The zero-order valence-corrected chi connectivity index (χ0v) is 18.7. The molecule has 0 radical (unpaired) electrons. The number of unbranched alkanes of at least 4 members (excludes halogenated alkanes) is 9. The highest BCUT2D eigenvalue weighted by Gasteiger charge is 2.20. The minimum absolute atomic E-state index is 0.000600. The van der Waals surface area contributed by atoms with Crippen molar-refractivity contribution < 1.29 is 22.8 Å². The SMILES string of the molecule is CCCCCCCCCCCCc1cc(O)c(Oc2ccccc2)cc1S(=O)(=O)O. The van der Waals surface area contributed by atoms with Gasteiger partial charge in [-0.05, 0) is 36.6 Å². The molecule has 0 aliphatic heterocycles. The molecule has 6 heteroatoms. The molecule has 0 aliphatic rings. The van der Waals surface area contributed by atoms with Crippen LogP contribution in [0.25, 0.3) is 0 Å². The van der Waals surface area contributed by atoms with E-state index in [4.69, 9.17) is 4.74 Å². The summed E-state index contributed by atoms with van der Waals surface area (Å²) in [6.45, 7) is 2.22. The average molecular weight is 435 g/mol. The number of hydrogen-bond donors (Lipinski definition) is 2. The third-order valence-electron chi connectivity index (χ3n) is 5.19. The van der Waals surface area contributed by atoms with Crippen LogP contribution in [0.15, 0.2) is 47.4 Å². The first kappa shape index (κ1) is 24.2. The Hall–Kier alpha value is -2.05. The van der Waals surface area contributed by atoms with Gasteiger partial charge >= 0.3 is 0 Å². The third-order valence-corrected chi connectivity index (χ3v) is 6.13. The Morgan fingerprint density at radius 1 is 0.833 bits per heavy atom. The number of phenols is 1. The molecule has 0 atom stereocenters. The molecule has 5 nitrogen and oxygen atoms in total. The lowest BCUT2D eigenvalue weighted by Gasteiger charge is -2.13. The van der Waals surface area contributed by atoms with Crippen LogP contribution in [0.3, 0.4) is 0 Å². The predicted octanol–water partition coefficient (Wildman–Crippen LogP) is 6.89. The van der Waals surface area contributed by atoms with E-state index in [2.05, 4.69) is 6.92 Å². The molecule has 2 aromatic rings. The minimum Gasteiger partial charge on any atom is -0.504 e. The predicted molar refractivity (Wildman–Crippen MR) is 120 cm³/mol. The van der Waals surface area contributed by atoms with Crippen molar-refractivity contribution in [3.8, 4) is 17.2 Å². The number of aromatic hydroxyl groups is 1. The Bertz CT molecular complexity index is 863. The first-order valence-corrected chi connectivity index (χ1v) is 12.4.